The van der Waals surface area contributed by atoms with E-state index in [4.69, 9.17) is 5.11 Å². The van der Waals surface area contributed by atoms with Gasteiger partial charge in [0, 0.05) is 23.8 Å². The largest absolute Gasteiger partial charge is 0.481 e. The molecule has 0 spiro atoms. The fraction of sp³-hybridized carbons (Fsp3) is 0.421. The molecule has 1 aromatic carbocycles. The number of aromatic nitrogens is 2. The van der Waals surface area contributed by atoms with E-state index in [1.54, 1.807) is 4.90 Å². The van der Waals surface area contributed by atoms with Gasteiger partial charge in [-0.05, 0) is 39.8 Å². The summed E-state index contributed by atoms with van der Waals surface area (Å²) in [6.07, 6.45) is 0.174. The van der Waals surface area contributed by atoms with Crippen LogP contribution in [0.3, 0.4) is 0 Å². The molecule has 0 atom stereocenters. The molecule has 134 valence electrons. The number of hydrogen-bond donors (Lipinski definition) is 1. The number of hydrogen-bond acceptors (Lipinski definition) is 3. The lowest BCUT2D eigenvalue weighted by Gasteiger charge is -2.26. The Morgan fingerprint density at radius 2 is 1.84 bits per heavy atom. The summed E-state index contributed by atoms with van der Waals surface area (Å²) < 4.78 is 1.84. The first-order valence-electron chi connectivity index (χ1n) is 8.43. The van der Waals surface area contributed by atoms with Crippen LogP contribution < -0.4 is 0 Å². The summed E-state index contributed by atoms with van der Waals surface area (Å²) >= 11 is 0. The van der Waals surface area contributed by atoms with Crippen LogP contribution in [0.15, 0.2) is 30.3 Å². The van der Waals surface area contributed by atoms with Gasteiger partial charge in [0.2, 0.25) is 5.91 Å². The van der Waals surface area contributed by atoms with E-state index in [9.17, 15) is 9.59 Å². The smallest absolute Gasteiger partial charge is 0.305 e. The van der Waals surface area contributed by atoms with Crippen molar-refractivity contribution >= 4 is 11.9 Å². The quantitative estimate of drug-likeness (QED) is 0.839. The van der Waals surface area contributed by atoms with E-state index in [0.29, 0.717) is 0 Å². The topological polar surface area (TPSA) is 75.4 Å². The second-order valence-electron chi connectivity index (χ2n) is 6.40. The molecule has 1 N–H and O–H groups in total. The van der Waals surface area contributed by atoms with Crippen molar-refractivity contribution in [1.82, 2.24) is 14.7 Å². The molecule has 0 saturated heterocycles. The second kappa shape index (κ2) is 7.96. The summed E-state index contributed by atoms with van der Waals surface area (Å²) in [5, 5.41) is 13.4. The Morgan fingerprint density at radius 3 is 2.40 bits per heavy atom. The number of rotatable bonds is 7. The molecule has 6 nitrogen and oxygen atoms in total. The zero-order chi connectivity index (χ0) is 18.6. The van der Waals surface area contributed by atoms with E-state index >= 15 is 0 Å². The molecule has 1 heterocycles. The van der Waals surface area contributed by atoms with Gasteiger partial charge in [0.1, 0.15) is 0 Å². The monoisotopic (exact) mass is 343 g/mol. The van der Waals surface area contributed by atoms with Gasteiger partial charge in [-0.1, -0.05) is 18.2 Å². The fourth-order valence-corrected chi connectivity index (χ4v) is 2.89. The van der Waals surface area contributed by atoms with E-state index in [0.717, 1.165) is 22.6 Å². The maximum absolute atomic E-state index is 12.7. The lowest BCUT2D eigenvalue weighted by Crippen LogP contribution is -2.39. The minimum Gasteiger partial charge on any atom is -0.481 e. The number of aliphatic carboxylic acids is 1. The Bertz CT molecular complexity index is 751. The molecule has 0 aliphatic heterocycles. The van der Waals surface area contributed by atoms with Gasteiger partial charge >= 0.3 is 5.97 Å². The molecule has 2 aromatic rings. The normalized spacial score (nSPS) is 10.9. The molecule has 0 aliphatic carbocycles. The average molecular weight is 343 g/mol. The number of aryl methyl sites for hydroxylation is 1. The Balaban J connectivity index is 2.23. The van der Waals surface area contributed by atoms with Crippen LogP contribution in [-0.4, -0.2) is 44.3 Å². The maximum Gasteiger partial charge on any atom is 0.305 e. The van der Waals surface area contributed by atoms with Crippen molar-refractivity contribution in [2.45, 2.75) is 46.6 Å². The van der Waals surface area contributed by atoms with Gasteiger partial charge in [-0.3, -0.25) is 9.59 Å². The lowest BCUT2D eigenvalue weighted by molar-refractivity contribution is -0.139. The molecular formula is C19H25N3O3. The highest BCUT2D eigenvalue weighted by Crippen LogP contribution is 2.19. The standard InChI is InChI=1S/C19H25N3O3/c1-13(2)21(11-10-19(24)25)18(23)12-17-14(3)20-22(15(17)4)16-8-6-5-7-9-16/h5-9,13H,10-12H2,1-4H3,(H,24,25). The summed E-state index contributed by atoms with van der Waals surface area (Å²) in [4.78, 5) is 25.2. The molecule has 2 rings (SSSR count). The molecule has 25 heavy (non-hydrogen) atoms. The average Bonchev–Trinajstić information content (AvgIpc) is 2.83. The van der Waals surface area contributed by atoms with Crippen molar-refractivity contribution in [3.63, 3.8) is 0 Å². The van der Waals surface area contributed by atoms with Crippen LogP contribution in [0.1, 0.15) is 37.2 Å². The van der Waals surface area contributed by atoms with E-state index in [-0.39, 0.29) is 31.3 Å². The minimum absolute atomic E-state index is 0.0448. The molecule has 6 heteroatoms. The van der Waals surface area contributed by atoms with E-state index in [2.05, 4.69) is 5.10 Å². The van der Waals surface area contributed by atoms with Crippen molar-refractivity contribution in [3.05, 3.63) is 47.3 Å². The maximum atomic E-state index is 12.7. The fourth-order valence-electron chi connectivity index (χ4n) is 2.89. The molecule has 0 bridgehead atoms. The highest BCUT2D eigenvalue weighted by Gasteiger charge is 2.22. The number of carbonyl (C=O) groups excluding carboxylic acids is 1. The van der Waals surface area contributed by atoms with Crippen LogP contribution >= 0.6 is 0 Å². The second-order valence-corrected chi connectivity index (χ2v) is 6.40. The highest BCUT2D eigenvalue weighted by molar-refractivity contribution is 5.80. The van der Waals surface area contributed by atoms with Crippen LogP contribution in [-0.2, 0) is 16.0 Å². The third kappa shape index (κ3) is 4.47. The van der Waals surface area contributed by atoms with Gasteiger partial charge in [-0.2, -0.15) is 5.10 Å². The summed E-state index contributed by atoms with van der Waals surface area (Å²) in [6, 6.07) is 9.74. The summed E-state index contributed by atoms with van der Waals surface area (Å²) in [5.74, 6) is -0.974. The van der Waals surface area contributed by atoms with Crippen LogP contribution in [0.5, 0.6) is 0 Å². The van der Waals surface area contributed by atoms with E-state index in [1.165, 1.54) is 0 Å². The molecule has 1 aromatic heterocycles. The number of nitrogens with zero attached hydrogens (tertiary/aromatic N) is 3. The molecular weight excluding hydrogens is 318 g/mol. The predicted molar refractivity (Wildman–Crippen MR) is 95.8 cm³/mol. The molecule has 0 unspecified atom stereocenters. The van der Waals surface area contributed by atoms with Gasteiger partial charge in [0.15, 0.2) is 0 Å². The number of amides is 1. The van der Waals surface area contributed by atoms with Gasteiger partial charge in [0.25, 0.3) is 0 Å². The van der Waals surface area contributed by atoms with Crippen molar-refractivity contribution in [2.75, 3.05) is 6.54 Å². The summed E-state index contributed by atoms with van der Waals surface area (Å²) in [7, 11) is 0. The molecule has 0 radical (unpaired) electrons. The first-order chi connectivity index (χ1) is 11.8. The van der Waals surface area contributed by atoms with Crippen molar-refractivity contribution in [2.24, 2.45) is 0 Å². The third-order valence-corrected chi connectivity index (χ3v) is 4.28. The zero-order valence-electron chi connectivity index (χ0n) is 15.2. The van der Waals surface area contributed by atoms with Gasteiger partial charge in [-0.15, -0.1) is 0 Å². The Labute approximate surface area is 148 Å². The van der Waals surface area contributed by atoms with Crippen LogP contribution in [0.25, 0.3) is 5.69 Å². The summed E-state index contributed by atoms with van der Waals surface area (Å²) in [5.41, 5.74) is 3.60. The third-order valence-electron chi connectivity index (χ3n) is 4.28. The van der Waals surface area contributed by atoms with Crippen molar-refractivity contribution in [3.8, 4) is 5.69 Å². The number of benzene rings is 1. The number of carboxylic acid groups (broad SMARTS) is 1. The van der Waals surface area contributed by atoms with Crippen LogP contribution in [0.2, 0.25) is 0 Å². The first-order valence-corrected chi connectivity index (χ1v) is 8.43. The molecule has 0 fully saturated rings. The van der Waals surface area contributed by atoms with Gasteiger partial charge in [0.05, 0.1) is 24.2 Å². The Kier molecular flexibility index (Phi) is 5.96. The lowest BCUT2D eigenvalue weighted by atomic mass is 10.1. The molecule has 0 aliphatic rings. The van der Waals surface area contributed by atoms with Gasteiger partial charge < -0.3 is 10.0 Å². The van der Waals surface area contributed by atoms with Crippen molar-refractivity contribution in [1.29, 1.82) is 0 Å². The number of para-hydroxylation sites is 1. The SMILES string of the molecule is Cc1nn(-c2ccccc2)c(C)c1CC(=O)N(CCC(=O)O)C(C)C. The van der Waals surface area contributed by atoms with Gasteiger partial charge in [-0.25, -0.2) is 4.68 Å². The van der Waals surface area contributed by atoms with Crippen molar-refractivity contribution < 1.29 is 14.7 Å². The van der Waals surface area contributed by atoms with Crippen LogP contribution in [0.4, 0.5) is 0 Å². The summed E-state index contributed by atoms with van der Waals surface area (Å²) in [6.45, 7) is 7.86. The Hall–Kier alpha value is -2.63. The Morgan fingerprint density at radius 1 is 1.20 bits per heavy atom. The number of carbonyl (C=O) groups is 2. The minimum atomic E-state index is -0.900. The zero-order valence-corrected chi connectivity index (χ0v) is 15.2. The first kappa shape index (κ1) is 18.7. The number of carboxylic acids is 1. The molecule has 1 amide bonds. The van der Waals surface area contributed by atoms with Crippen LogP contribution in [0, 0.1) is 13.8 Å². The predicted octanol–water partition coefficient (Wildman–Crippen LogP) is 2.74. The highest BCUT2D eigenvalue weighted by atomic mass is 16.4. The molecule has 0 saturated carbocycles. The van der Waals surface area contributed by atoms with E-state index < -0.39 is 5.97 Å². The van der Waals surface area contributed by atoms with E-state index in [1.807, 2.05) is 62.7 Å².